The third kappa shape index (κ3) is 3.21. The molecule has 1 heterocycles. The van der Waals surface area contributed by atoms with E-state index in [0.717, 1.165) is 26.3 Å². The second-order valence-electron chi connectivity index (χ2n) is 3.18. The number of hydrogen-bond donors (Lipinski definition) is 0. The van der Waals surface area contributed by atoms with Crippen molar-refractivity contribution in [3.8, 4) is 0 Å². The molecule has 0 spiro atoms. The van der Waals surface area contributed by atoms with Crippen LogP contribution in [-0.2, 0) is 4.74 Å². The Balaban J connectivity index is 2.13. The first-order chi connectivity index (χ1) is 5.33. The predicted octanol–water partition coefficient (Wildman–Crippen LogP) is 1.53. The summed E-state index contributed by atoms with van der Waals surface area (Å²) in [6.07, 6.45) is 1.23. The fourth-order valence-corrected chi connectivity index (χ4v) is 1.19. The monoisotopic (exact) mass is 156 g/mol. The van der Waals surface area contributed by atoms with Crippen molar-refractivity contribution in [3.63, 3.8) is 0 Å². The molecular formula is C9H18NO. The summed E-state index contributed by atoms with van der Waals surface area (Å²) >= 11 is 0. The summed E-state index contributed by atoms with van der Waals surface area (Å²) in [4.78, 5) is 2.37. The van der Waals surface area contributed by atoms with E-state index in [0.29, 0.717) is 5.92 Å². The van der Waals surface area contributed by atoms with Crippen LogP contribution in [0.25, 0.3) is 0 Å². The van der Waals surface area contributed by atoms with Gasteiger partial charge in [-0.1, -0.05) is 20.3 Å². The molecule has 0 bridgehead atoms. The molecule has 2 heteroatoms. The van der Waals surface area contributed by atoms with Crippen LogP contribution in [0, 0.1) is 12.5 Å². The van der Waals surface area contributed by atoms with Gasteiger partial charge in [-0.3, -0.25) is 4.90 Å². The summed E-state index contributed by atoms with van der Waals surface area (Å²) in [5.74, 6) is 0.716. The first-order valence-electron chi connectivity index (χ1n) is 4.49. The van der Waals surface area contributed by atoms with Crippen LogP contribution in [-0.4, -0.2) is 31.2 Å². The van der Waals surface area contributed by atoms with Crippen molar-refractivity contribution in [2.24, 2.45) is 5.92 Å². The van der Waals surface area contributed by atoms with Crippen LogP contribution in [0.4, 0.5) is 0 Å². The SMILES string of the molecule is CCC(C)[CH]N1CCOCC1. The van der Waals surface area contributed by atoms with E-state index in [1.807, 2.05) is 0 Å². The highest BCUT2D eigenvalue weighted by molar-refractivity contribution is 4.75. The van der Waals surface area contributed by atoms with Gasteiger partial charge in [0.15, 0.2) is 0 Å². The molecule has 1 atom stereocenters. The molecule has 0 N–H and O–H groups in total. The second kappa shape index (κ2) is 4.73. The standard InChI is InChI=1S/C9H18NO/c1-3-9(2)8-10-4-6-11-7-5-10/h8-9H,3-7H2,1-2H3. The zero-order valence-electron chi connectivity index (χ0n) is 7.55. The van der Waals surface area contributed by atoms with Crippen molar-refractivity contribution in [2.45, 2.75) is 20.3 Å². The molecule has 65 valence electrons. The second-order valence-corrected chi connectivity index (χ2v) is 3.18. The first kappa shape index (κ1) is 9.01. The van der Waals surface area contributed by atoms with E-state index in [2.05, 4.69) is 25.3 Å². The number of ether oxygens (including phenoxy) is 1. The molecule has 0 aliphatic carbocycles. The zero-order chi connectivity index (χ0) is 8.10. The fourth-order valence-electron chi connectivity index (χ4n) is 1.19. The van der Waals surface area contributed by atoms with Gasteiger partial charge in [0.05, 0.1) is 13.2 Å². The summed E-state index contributed by atoms with van der Waals surface area (Å²) < 4.78 is 5.25. The van der Waals surface area contributed by atoms with Crippen LogP contribution in [0.1, 0.15) is 20.3 Å². The Hall–Kier alpha value is -0.0800. The average molecular weight is 156 g/mol. The summed E-state index contributed by atoms with van der Waals surface area (Å²) in [5.41, 5.74) is 0. The minimum absolute atomic E-state index is 0.716. The first-order valence-corrected chi connectivity index (χ1v) is 4.49. The number of nitrogens with zero attached hydrogens (tertiary/aromatic N) is 1. The quantitative estimate of drug-likeness (QED) is 0.614. The van der Waals surface area contributed by atoms with Crippen LogP contribution in [0.2, 0.25) is 0 Å². The lowest BCUT2D eigenvalue weighted by molar-refractivity contribution is 0.0465. The third-order valence-electron chi connectivity index (χ3n) is 2.15. The topological polar surface area (TPSA) is 12.5 Å². The molecule has 1 aliphatic rings. The van der Waals surface area contributed by atoms with Gasteiger partial charge in [-0.05, 0) is 5.92 Å². The molecule has 1 aliphatic heterocycles. The van der Waals surface area contributed by atoms with Gasteiger partial charge in [0.2, 0.25) is 0 Å². The molecule has 1 unspecified atom stereocenters. The molecule has 11 heavy (non-hydrogen) atoms. The highest BCUT2D eigenvalue weighted by Gasteiger charge is 2.12. The van der Waals surface area contributed by atoms with E-state index >= 15 is 0 Å². The smallest absolute Gasteiger partial charge is 0.0594 e. The average Bonchev–Trinajstić information content (AvgIpc) is 2.06. The molecule has 0 saturated carbocycles. The van der Waals surface area contributed by atoms with E-state index in [1.54, 1.807) is 0 Å². The lowest BCUT2D eigenvalue weighted by atomic mass is 10.1. The Kier molecular flexibility index (Phi) is 3.87. The predicted molar refractivity (Wildman–Crippen MR) is 46.1 cm³/mol. The molecule has 1 radical (unpaired) electrons. The Morgan fingerprint density at radius 1 is 1.45 bits per heavy atom. The minimum Gasteiger partial charge on any atom is -0.379 e. The largest absolute Gasteiger partial charge is 0.379 e. The molecule has 0 aromatic heterocycles. The maximum absolute atomic E-state index is 5.25. The van der Waals surface area contributed by atoms with Gasteiger partial charge in [-0.15, -0.1) is 0 Å². The van der Waals surface area contributed by atoms with Crippen LogP contribution >= 0.6 is 0 Å². The molecule has 0 aromatic carbocycles. The van der Waals surface area contributed by atoms with E-state index in [4.69, 9.17) is 4.74 Å². The van der Waals surface area contributed by atoms with Crippen molar-refractivity contribution in [1.29, 1.82) is 0 Å². The van der Waals surface area contributed by atoms with Crippen LogP contribution in [0.15, 0.2) is 0 Å². The lowest BCUT2D eigenvalue weighted by Gasteiger charge is -2.28. The third-order valence-corrected chi connectivity index (χ3v) is 2.15. The molecule has 2 nitrogen and oxygen atoms in total. The van der Waals surface area contributed by atoms with Crippen molar-refractivity contribution in [2.75, 3.05) is 26.3 Å². The van der Waals surface area contributed by atoms with E-state index in [1.165, 1.54) is 6.42 Å². The number of hydrogen-bond acceptors (Lipinski definition) is 2. The van der Waals surface area contributed by atoms with Gasteiger partial charge >= 0.3 is 0 Å². The molecule has 0 amide bonds. The fraction of sp³-hybridized carbons (Fsp3) is 0.889. The van der Waals surface area contributed by atoms with E-state index in [9.17, 15) is 0 Å². The number of morpholine rings is 1. The van der Waals surface area contributed by atoms with Gasteiger partial charge in [0, 0.05) is 19.6 Å². The van der Waals surface area contributed by atoms with Gasteiger partial charge in [0.1, 0.15) is 0 Å². The summed E-state index contributed by atoms with van der Waals surface area (Å²) in [6.45, 7) is 10.8. The summed E-state index contributed by atoms with van der Waals surface area (Å²) in [5, 5.41) is 0. The van der Waals surface area contributed by atoms with Crippen molar-refractivity contribution >= 4 is 0 Å². The van der Waals surface area contributed by atoms with Gasteiger partial charge in [-0.2, -0.15) is 0 Å². The molecular weight excluding hydrogens is 138 g/mol. The Labute approximate surface area is 69.5 Å². The van der Waals surface area contributed by atoms with Gasteiger partial charge in [0.25, 0.3) is 0 Å². The summed E-state index contributed by atoms with van der Waals surface area (Å²) in [7, 11) is 0. The highest BCUT2D eigenvalue weighted by atomic mass is 16.5. The maximum Gasteiger partial charge on any atom is 0.0594 e. The van der Waals surface area contributed by atoms with Crippen LogP contribution in [0.5, 0.6) is 0 Å². The molecule has 0 aromatic rings. The Morgan fingerprint density at radius 3 is 2.64 bits per heavy atom. The van der Waals surface area contributed by atoms with Crippen LogP contribution < -0.4 is 0 Å². The van der Waals surface area contributed by atoms with Crippen molar-refractivity contribution < 1.29 is 4.74 Å². The van der Waals surface area contributed by atoms with Crippen molar-refractivity contribution in [1.82, 2.24) is 4.90 Å². The molecule has 1 rings (SSSR count). The summed E-state index contributed by atoms with van der Waals surface area (Å²) in [6, 6.07) is 0. The highest BCUT2D eigenvalue weighted by Crippen LogP contribution is 2.10. The maximum atomic E-state index is 5.25. The lowest BCUT2D eigenvalue weighted by Crippen LogP contribution is -2.35. The number of rotatable bonds is 3. The minimum atomic E-state index is 0.716. The van der Waals surface area contributed by atoms with Crippen molar-refractivity contribution in [3.05, 3.63) is 6.54 Å². The molecule has 1 saturated heterocycles. The Bertz CT molecular complexity index is 99.7. The molecule has 1 fully saturated rings. The zero-order valence-corrected chi connectivity index (χ0v) is 7.55. The van der Waals surface area contributed by atoms with E-state index < -0.39 is 0 Å². The van der Waals surface area contributed by atoms with Gasteiger partial charge in [-0.25, -0.2) is 0 Å². The Morgan fingerprint density at radius 2 is 2.09 bits per heavy atom. The van der Waals surface area contributed by atoms with Gasteiger partial charge < -0.3 is 4.74 Å². The van der Waals surface area contributed by atoms with E-state index in [-0.39, 0.29) is 0 Å². The van der Waals surface area contributed by atoms with Crippen LogP contribution in [0.3, 0.4) is 0 Å². The normalized spacial score (nSPS) is 23.5.